The normalized spacial score (nSPS) is 20.1. The van der Waals surface area contributed by atoms with Gasteiger partial charge in [0.2, 0.25) is 0 Å². The Kier molecular flexibility index (Phi) is 5.75. The molecule has 0 aliphatic heterocycles. The predicted molar refractivity (Wildman–Crippen MR) is 66.5 cm³/mol. The summed E-state index contributed by atoms with van der Waals surface area (Å²) in [6, 6.07) is 0. The van der Waals surface area contributed by atoms with Crippen LogP contribution in [0.15, 0.2) is 12.7 Å². The minimum Gasteiger partial charge on any atom is -0.370 e. The van der Waals surface area contributed by atoms with Crippen molar-refractivity contribution in [2.75, 3.05) is 7.11 Å². The van der Waals surface area contributed by atoms with E-state index in [1.54, 1.807) is 7.11 Å². The van der Waals surface area contributed by atoms with Gasteiger partial charge < -0.3 is 4.74 Å². The van der Waals surface area contributed by atoms with Crippen molar-refractivity contribution in [3.63, 3.8) is 0 Å². The Hall–Kier alpha value is -0.630. The molecule has 0 aromatic rings. The Morgan fingerprint density at radius 2 is 1.94 bits per heavy atom. The third kappa shape index (κ3) is 3.44. The second kappa shape index (κ2) is 6.85. The molecule has 92 valence electrons. The van der Waals surface area contributed by atoms with Gasteiger partial charge in [0.1, 0.15) is 5.60 Å². The van der Waals surface area contributed by atoms with E-state index in [0.29, 0.717) is 12.2 Å². The molecule has 0 saturated heterocycles. The molecule has 0 amide bonds. The first kappa shape index (κ1) is 13.4. The van der Waals surface area contributed by atoms with Crippen molar-refractivity contribution >= 4 is 5.78 Å². The van der Waals surface area contributed by atoms with Crippen LogP contribution in [0.1, 0.15) is 57.8 Å². The Morgan fingerprint density at radius 3 is 2.44 bits per heavy atom. The minimum absolute atomic E-state index is 0.304. The summed E-state index contributed by atoms with van der Waals surface area (Å²) in [5.41, 5.74) is -0.461. The zero-order chi connectivity index (χ0) is 11.9. The average Bonchev–Trinajstić information content (AvgIpc) is 2.55. The Balaban J connectivity index is 2.54. The fraction of sp³-hybridized carbons (Fsp3) is 0.786. The molecule has 2 heteroatoms. The maximum absolute atomic E-state index is 12.2. The number of carbonyl (C=O) groups is 1. The summed E-state index contributed by atoms with van der Waals surface area (Å²) in [5.74, 6) is 0.304. The highest BCUT2D eigenvalue weighted by Crippen LogP contribution is 2.32. The van der Waals surface area contributed by atoms with Crippen molar-refractivity contribution in [3.8, 4) is 0 Å². The van der Waals surface area contributed by atoms with Gasteiger partial charge in [0, 0.05) is 13.5 Å². The highest BCUT2D eigenvalue weighted by molar-refractivity contribution is 5.87. The van der Waals surface area contributed by atoms with Crippen molar-refractivity contribution in [1.82, 2.24) is 0 Å². The summed E-state index contributed by atoms with van der Waals surface area (Å²) < 4.78 is 5.58. The van der Waals surface area contributed by atoms with E-state index in [2.05, 4.69) is 6.58 Å². The van der Waals surface area contributed by atoms with E-state index in [9.17, 15) is 4.79 Å². The molecule has 0 N–H and O–H groups in total. The molecule has 0 aromatic carbocycles. The van der Waals surface area contributed by atoms with Crippen LogP contribution >= 0.6 is 0 Å². The number of allylic oxidation sites excluding steroid dienone is 1. The van der Waals surface area contributed by atoms with Crippen LogP contribution in [0.25, 0.3) is 0 Å². The summed E-state index contributed by atoms with van der Waals surface area (Å²) in [6.45, 7) is 3.68. The van der Waals surface area contributed by atoms with E-state index in [1.165, 1.54) is 12.8 Å². The molecule has 16 heavy (non-hydrogen) atoms. The second-order valence-electron chi connectivity index (χ2n) is 4.72. The lowest BCUT2D eigenvalue weighted by molar-refractivity contribution is -0.142. The summed E-state index contributed by atoms with van der Waals surface area (Å²) >= 11 is 0. The van der Waals surface area contributed by atoms with Crippen molar-refractivity contribution in [2.45, 2.75) is 63.4 Å². The van der Waals surface area contributed by atoms with Gasteiger partial charge in [-0.25, -0.2) is 0 Å². The van der Waals surface area contributed by atoms with Gasteiger partial charge in [-0.3, -0.25) is 4.79 Å². The molecule has 0 atom stereocenters. The van der Waals surface area contributed by atoms with E-state index < -0.39 is 5.60 Å². The molecular formula is C14H24O2. The summed E-state index contributed by atoms with van der Waals surface area (Å²) in [6.07, 6.45) is 10.9. The maximum Gasteiger partial charge on any atom is 0.164 e. The van der Waals surface area contributed by atoms with E-state index in [-0.39, 0.29) is 0 Å². The number of rotatable bonds is 6. The predicted octanol–water partition coefficient (Wildman–Crippen LogP) is 3.65. The first-order valence-corrected chi connectivity index (χ1v) is 6.44. The standard InChI is InChI=1S/C14H24O2/c1-3-4-7-10-13(15)14(16-2)11-8-5-6-9-12-14/h3H,1,4-12H2,2H3. The minimum atomic E-state index is -0.461. The van der Waals surface area contributed by atoms with Crippen molar-refractivity contribution in [2.24, 2.45) is 0 Å². The smallest absolute Gasteiger partial charge is 0.164 e. The Morgan fingerprint density at radius 1 is 1.31 bits per heavy atom. The number of hydrogen-bond donors (Lipinski definition) is 0. The highest BCUT2D eigenvalue weighted by Gasteiger charge is 2.37. The lowest BCUT2D eigenvalue weighted by atomic mass is 9.87. The van der Waals surface area contributed by atoms with Crippen LogP contribution in [-0.2, 0) is 9.53 Å². The summed E-state index contributed by atoms with van der Waals surface area (Å²) in [4.78, 5) is 12.2. The maximum atomic E-state index is 12.2. The molecule has 1 aliphatic carbocycles. The molecular weight excluding hydrogens is 200 g/mol. The molecule has 1 saturated carbocycles. The van der Waals surface area contributed by atoms with Gasteiger partial charge in [-0.15, -0.1) is 6.58 Å². The highest BCUT2D eigenvalue weighted by atomic mass is 16.5. The monoisotopic (exact) mass is 224 g/mol. The van der Waals surface area contributed by atoms with Gasteiger partial charge in [0.05, 0.1) is 0 Å². The van der Waals surface area contributed by atoms with E-state index in [1.807, 2.05) is 6.08 Å². The molecule has 0 heterocycles. The third-order valence-corrected chi connectivity index (χ3v) is 3.62. The van der Waals surface area contributed by atoms with Crippen molar-refractivity contribution < 1.29 is 9.53 Å². The van der Waals surface area contributed by atoms with Gasteiger partial charge in [0.15, 0.2) is 5.78 Å². The molecule has 1 fully saturated rings. The number of carbonyl (C=O) groups excluding carboxylic acids is 1. The first-order chi connectivity index (χ1) is 7.75. The van der Waals surface area contributed by atoms with E-state index >= 15 is 0 Å². The van der Waals surface area contributed by atoms with Crippen LogP contribution < -0.4 is 0 Å². The zero-order valence-corrected chi connectivity index (χ0v) is 10.5. The van der Waals surface area contributed by atoms with Crippen LogP contribution in [0.3, 0.4) is 0 Å². The number of unbranched alkanes of at least 4 members (excludes halogenated alkanes) is 1. The number of ketones is 1. The van der Waals surface area contributed by atoms with E-state index in [4.69, 9.17) is 4.74 Å². The topological polar surface area (TPSA) is 26.3 Å². The average molecular weight is 224 g/mol. The fourth-order valence-electron chi connectivity index (χ4n) is 2.53. The zero-order valence-electron chi connectivity index (χ0n) is 10.5. The number of hydrogen-bond acceptors (Lipinski definition) is 2. The third-order valence-electron chi connectivity index (χ3n) is 3.62. The van der Waals surface area contributed by atoms with Gasteiger partial charge in [-0.2, -0.15) is 0 Å². The molecule has 0 unspecified atom stereocenters. The van der Waals surface area contributed by atoms with Crippen LogP contribution in [0.4, 0.5) is 0 Å². The van der Waals surface area contributed by atoms with Crippen LogP contribution in [0.2, 0.25) is 0 Å². The first-order valence-electron chi connectivity index (χ1n) is 6.44. The molecule has 1 rings (SSSR count). The van der Waals surface area contributed by atoms with Gasteiger partial charge in [-0.1, -0.05) is 31.8 Å². The molecule has 0 radical (unpaired) electrons. The number of ether oxygens (including phenoxy) is 1. The Labute approximate surface area is 99.1 Å². The number of methoxy groups -OCH3 is 1. The van der Waals surface area contributed by atoms with Crippen molar-refractivity contribution in [3.05, 3.63) is 12.7 Å². The molecule has 0 aromatic heterocycles. The SMILES string of the molecule is C=CCCCC(=O)C1(OC)CCCCCC1. The number of Topliss-reactive ketones (excluding diaryl/α,β-unsaturated/α-hetero) is 1. The second-order valence-corrected chi connectivity index (χ2v) is 4.72. The van der Waals surface area contributed by atoms with E-state index in [0.717, 1.165) is 38.5 Å². The Bertz CT molecular complexity index is 225. The van der Waals surface area contributed by atoms with Crippen LogP contribution in [-0.4, -0.2) is 18.5 Å². The summed E-state index contributed by atoms with van der Waals surface area (Å²) in [7, 11) is 1.69. The summed E-state index contributed by atoms with van der Waals surface area (Å²) in [5, 5.41) is 0. The quantitative estimate of drug-likeness (QED) is 0.391. The molecule has 0 spiro atoms. The fourth-order valence-corrected chi connectivity index (χ4v) is 2.53. The van der Waals surface area contributed by atoms with Crippen molar-refractivity contribution in [1.29, 1.82) is 0 Å². The van der Waals surface area contributed by atoms with Crippen LogP contribution in [0, 0.1) is 0 Å². The molecule has 2 nitrogen and oxygen atoms in total. The van der Waals surface area contributed by atoms with Crippen LogP contribution in [0.5, 0.6) is 0 Å². The largest absolute Gasteiger partial charge is 0.370 e. The van der Waals surface area contributed by atoms with Gasteiger partial charge in [0.25, 0.3) is 0 Å². The molecule has 1 aliphatic rings. The molecule has 0 bridgehead atoms. The lowest BCUT2D eigenvalue weighted by Gasteiger charge is -2.29. The van der Waals surface area contributed by atoms with Gasteiger partial charge in [-0.05, 0) is 25.7 Å². The van der Waals surface area contributed by atoms with Gasteiger partial charge >= 0.3 is 0 Å². The lowest BCUT2D eigenvalue weighted by Crippen LogP contribution is -2.40.